The Morgan fingerprint density at radius 3 is 2.76 bits per heavy atom. The van der Waals surface area contributed by atoms with Crippen molar-refractivity contribution < 1.29 is 9.47 Å². The van der Waals surface area contributed by atoms with Crippen LogP contribution in [0.2, 0.25) is 0 Å². The first-order valence-corrected chi connectivity index (χ1v) is 10.9. The number of halogens is 1. The van der Waals surface area contributed by atoms with Gasteiger partial charge < -0.3 is 20.1 Å². The van der Waals surface area contributed by atoms with E-state index >= 15 is 0 Å². The Morgan fingerprint density at radius 1 is 1.12 bits per heavy atom. The lowest BCUT2D eigenvalue weighted by Crippen LogP contribution is -2.36. The van der Waals surface area contributed by atoms with Crippen LogP contribution in [0.5, 0.6) is 5.75 Å². The first-order chi connectivity index (χ1) is 15.7. The third-order valence-electron chi connectivity index (χ3n) is 4.76. The molecule has 0 spiro atoms. The number of aliphatic imine (C=N–C) groups is 1. The van der Waals surface area contributed by atoms with Crippen LogP contribution in [0.15, 0.2) is 60.2 Å². The maximum Gasteiger partial charge on any atom is 0.191 e. The van der Waals surface area contributed by atoms with Crippen molar-refractivity contribution in [3.8, 4) is 11.6 Å². The topological polar surface area (TPSA) is 85.6 Å². The summed E-state index contributed by atoms with van der Waals surface area (Å²) in [5, 5.41) is 6.72. The number of nitrogens with one attached hydrogen (secondary N) is 2. The molecular formula is C24H33IN6O2. The summed E-state index contributed by atoms with van der Waals surface area (Å²) < 4.78 is 13.0. The molecule has 0 aliphatic heterocycles. The lowest BCUT2D eigenvalue weighted by atomic mass is 10.1. The van der Waals surface area contributed by atoms with E-state index in [1.165, 1.54) is 5.56 Å². The minimum absolute atomic E-state index is 0. The molecule has 0 aliphatic rings. The zero-order chi connectivity index (χ0) is 22.6. The first kappa shape index (κ1) is 26.6. The van der Waals surface area contributed by atoms with E-state index in [0.717, 1.165) is 41.6 Å². The van der Waals surface area contributed by atoms with Crippen LogP contribution in [0.25, 0.3) is 5.82 Å². The molecule has 3 aromatic rings. The van der Waals surface area contributed by atoms with Gasteiger partial charge in [0.25, 0.3) is 0 Å². The van der Waals surface area contributed by atoms with Gasteiger partial charge in [0, 0.05) is 57.4 Å². The number of pyridine rings is 1. The SMILES string of the molecule is CCNC(=NCc1ccnc(-n2ccnc2)c1)NCc1ccc(C)cc1OCCCOC.I. The van der Waals surface area contributed by atoms with Gasteiger partial charge in [-0.25, -0.2) is 15.0 Å². The third-order valence-corrected chi connectivity index (χ3v) is 4.76. The Kier molecular flexibility index (Phi) is 11.7. The largest absolute Gasteiger partial charge is 0.493 e. The molecule has 0 saturated heterocycles. The summed E-state index contributed by atoms with van der Waals surface area (Å²) >= 11 is 0. The number of methoxy groups -OCH3 is 1. The Morgan fingerprint density at radius 2 is 2.00 bits per heavy atom. The maximum atomic E-state index is 6.00. The highest BCUT2D eigenvalue weighted by molar-refractivity contribution is 14.0. The second-order valence-corrected chi connectivity index (χ2v) is 7.35. The van der Waals surface area contributed by atoms with Crippen LogP contribution >= 0.6 is 24.0 Å². The van der Waals surface area contributed by atoms with Crippen molar-refractivity contribution in [1.82, 2.24) is 25.2 Å². The van der Waals surface area contributed by atoms with E-state index < -0.39 is 0 Å². The monoisotopic (exact) mass is 564 g/mol. The smallest absolute Gasteiger partial charge is 0.191 e. The highest BCUT2D eigenvalue weighted by atomic mass is 127. The van der Waals surface area contributed by atoms with Crippen LogP contribution in [-0.2, 0) is 17.8 Å². The predicted octanol–water partition coefficient (Wildman–Crippen LogP) is 3.86. The van der Waals surface area contributed by atoms with Crippen LogP contribution in [0, 0.1) is 6.92 Å². The summed E-state index contributed by atoms with van der Waals surface area (Å²) in [7, 11) is 1.70. The molecule has 33 heavy (non-hydrogen) atoms. The molecule has 0 unspecified atom stereocenters. The van der Waals surface area contributed by atoms with Gasteiger partial charge in [0.15, 0.2) is 5.96 Å². The van der Waals surface area contributed by atoms with Crippen LogP contribution < -0.4 is 15.4 Å². The lowest BCUT2D eigenvalue weighted by molar-refractivity contribution is 0.171. The minimum atomic E-state index is 0. The molecule has 2 heterocycles. The molecule has 0 atom stereocenters. The number of imidazole rings is 1. The van der Waals surface area contributed by atoms with Gasteiger partial charge in [-0.1, -0.05) is 12.1 Å². The fourth-order valence-corrected chi connectivity index (χ4v) is 3.11. The molecule has 8 nitrogen and oxygen atoms in total. The summed E-state index contributed by atoms with van der Waals surface area (Å²) in [6.45, 7) is 7.36. The van der Waals surface area contributed by atoms with Crippen LogP contribution in [0.3, 0.4) is 0 Å². The zero-order valence-corrected chi connectivity index (χ0v) is 21.8. The maximum absolute atomic E-state index is 6.00. The molecule has 3 rings (SSSR count). The highest BCUT2D eigenvalue weighted by Gasteiger charge is 2.07. The van der Waals surface area contributed by atoms with E-state index in [-0.39, 0.29) is 24.0 Å². The molecule has 1 aromatic carbocycles. The van der Waals surface area contributed by atoms with Crippen molar-refractivity contribution in [3.63, 3.8) is 0 Å². The quantitative estimate of drug-likeness (QED) is 0.159. The van der Waals surface area contributed by atoms with Gasteiger partial charge in [0.1, 0.15) is 17.9 Å². The molecule has 9 heteroatoms. The second-order valence-electron chi connectivity index (χ2n) is 7.35. The van der Waals surface area contributed by atoms with Crippen LogP contribution in [-0.4, -0.2) is 47.4 Å². The summed E-state index contributed by atoms with van der Waals surface area (Å²) in [5.74, 6) is 2.46. The van der Waals surface area contributed by atoms with Gasteiger partial charge in [-0.2, -0.15) is 0 Å². The molecule has 0 aliphatic carbocycles. The Labute approximate surface area is 212 Å². The van der Waals surface area contributed by atoms with Gasteiger partial charge in [0.2, 0.25) is 0 Å². The third kappa shape index (κ3) is 8.65. The van der Waals surface area contributed by atoms with E-state index in [4.69, 9.17) is 14.5 Å². The lowest BCUT2D eigenvalue weighted by Gasteiger charge is -2.15. The molecule has 0 radical (unpaired) electrons. The minimum Gasteiger partial charge on any atom is -0.493 e. The molecule has 0 amide bonds. The number of guanidine groups is 1. The van der Waals surface area contributed by atoms with Crippen molar-refractivity contribution in [2.75, 3.05) is 26.9 Å². The fraction of sp³-hybridized carbons (Fsp3) is 0.375. The second kappa shape index (κ2) is 14.5. The van der Waals surface area contributed by atoms with Crippen molar-refractivity contribution in [2.45, 2.75) is 33.4 Å². The van der Waals surface area contributed by atoms with E-state index in [9.17, 15) is 0 Å². The van der Waals surface area contributed by atoms with Crippen molar-refractivity contribution in [3.05, 3.63) is 71.9 Å². The molecule has 0 bridgehead atoms. The number of hydrogen-bond acceptors (Lipinski definition) is 5. The van der Waals surface area contributed by atoms with Gasteiger partial charge >= 0.3 is 0 Å². The number of benzene rings is 1. The zero-order valence-electron chi connectivity index (χ0n) is 19.5. The average Bonchev–Trinajstić information content (AvgIpc) is 3.35. The van der Waals surface area contributed by atoms with Crippen molar-refractivity contribution in [2.24, 2.45) is 4.99 Å². The van der Waals surface area contributed by atoms with Crippen molar-refractivity contribution >= 4 is 29.9 Å². The van der Waals surface area contributed by atoms with E-state index in [0.29, 0.717) is 26.3 Å². The summed E-state index contributed by atoms with van der Waals surface area (Å²) in [4.78, 5) is 13.2. The highest BCUT2D eigenvalue weighted by Crippen LogP contribution is 2.20. The van der Waals surface area contributed by atoms with E-state index in [1.54, 1.807) is 25.8 Å². The molecular weight excluding hydrogens is 531 g/mol. The van der Waals surface area contributed by atoms with Gasteiger partial charge in [-0.3, -0.25) is 4.57 Å². The van der Waals surface area contributed by atoms with Crippen molar-refractivity contribution in [1.29, 1.82) is 0 Å². The molecule has 178 valence electrons. The molecule has 0 saturated carbocycles. The number of aryl methyl sites for hydroxylation is 1. The Balaban J connectivity index is 0.00000385. The number of nitrogens with zero attached hydrogens (tertiary/aromatic N) is 4. The van der Waals surface area contributed by atoms with Gasteiger partial charge in [-0.05, 0) is 43.2 Å². The number of aromatic nitrogens is 3. The van der Waals surface area contributed by atoms with E-state index in [1.807, 2.05) is 22.9 Å². The molecule has 0 fully saturated rings. The number of rotatable bonds is 11. The normalized spacial score (nSPS) is 11.1. The van der Waals surface area contributed by atoms with Crippen LogP contribution in [0.4, 0.5) is 0 Å². The van der Waals surface area contributed by atoms with Crippen LogP contribution in [0.1, 0.15) is 30.0 Å². The summed E-state index contributed by atoms with van der Waals surface area (Å²) in [6, 6.07) is 10.2. The number of hydrogen-bond donors (Lipinski definition) is 2. The number of ether oxygens (including phenoxy) is 2. The fourth-order valence-electron chi connectivity index (χ4n) is 3.11. The average molecular weight is 564 g/mol. The summed E-state index contributed by atoms with van der Waals surface area (Å²) in [5.41, 5.74) is 3.32. The van der Waals surface area contributed by atoms with E-state index in [2.05, 4.69) is 52.6 Å². The first-order valence-electron chi connectivity index (χ1n) is 10.9. The van der Waals surface area contributed by atoms with Gasteiger partial charge in [0.05, 0.1) is 13.2 Å². The van der Waals surface area contributed by atoms with Gasteiger partial charge in [-0.15, -0.1) is 24.0 Å². The molecule has 2 N–H and O–H groups in total. The standard InChI is InChI=1S/C24H32N6O2.HI/c1-4-26-24(28-16-20-8-9-27-23(15-20)30-11-10-25-18-30)29-17-21-7-6-19(2)14-22(21)32-13-5-12-31-3;/h6-11,14-15,18H,4-5,12-13,16-17H2,1-3H3,(H2,26,28,29);1H. The Hall–Kier alpha value is -2.66. The summed E-state index contributed by atoms with van der Waals surface area (Å²) in [6.07, 6.45) is 7.99. The Bertz CT molecular complexity index is 994. The predicted molar refractivity (Wildman–Crippen MR) is 142 cm³/mol. The molecule has 2 aromatic heterocycles.